The molecule has 0 unspecified atom stereocenters. The number of aromatic nitrogens is 1. The number of amides is 1. The zero-order chi connectivity index (χ0) is 13.0. The normalized spacial score (nSPS) is 10.1. The number of rotatable bonds is 3. The number of benzene rings is 1. The highest BCUT2D eigenvalue weighted by Gasteiger charge is 2.08. The van der Waals surface area contributed by atoms with Crippen LogP contribution in [0.4, 0.5) is 5.69 Å². The van der Waals surface area contributed by atoms with E-state index in [-0.39, 0.29) is 5.91 Å². The van der Waals surface area contributed by atoms with E-state index in [1.165, 1.54) is 0 Å². The fourth-order valence-corrected chi connectivity index (χ4v) is 2.08. The summed E-state index contributed by atoms with van der Waals surface area (Å²) in [4.78, 5) is 15.9. The van der Waals surface area contributed by atoms with Crippen molar-refractivity contribution in [2.75, 3.05) is 5.32 Å². The summed E-state index contributed by atoms with van der Waals surface area (Å²) in [6, 6.07) is 9.32. The third kappa shape index (κ3) is 2.96. The van der Waals surface area contributed by atoms with E-state index in [9.17, 15) is 4.79 Å². The van der Waals surface area contributed by atoms with Crippen LogP contribution in [0.15, 0.2) is 47.2 Å². The fraction of sp³-hybridized carbons (Fsp3) is 0.143. The Bertz CT molecular complexity index is 555. The molecular formula is C14H13BrN2O. The molecule has 0 bridgehead atoms. The van der Waals surface area contributed by atoms with Gasteiger partial charge in [0.05, 0.1) is 5.56 Å². The number of pyridine rings is 1. The van der Waals surface area contributed by atoms with Crippen LogP contribution in [0.25, 0.3) is 0 Å². The zero-order valence-electron chi connectivity index (χ0n) is 9.98. The molecule has 2 rings (SSSR count). The van der Waals surface area contributed by atoms with Gasteiger partial charge in [-0.15, -0.1) is 0 Å². The van der Waals surface area contributed by atoms with Gasteiger partial charge in [-0.05, 0) is 42.3 Å². The second-order valence-corrected chi connectivity index (χ2v) is 4.77. The van der Waals surface area contributed by atoms with Gasteiger partial charge in [-0.25, -0.2) is 0 Å². The molecule has 1 aromatic heterocycles. The number of nitrogens with zero attached hydrogens (tertiary/aromatic N) is 1. The van der Waals surface area contributed by atoms with Crippen molar-refractivity contribution in [2.45, 2.75) is 13.3 Å². The van der Waals surface area contributed by atoms with Crippen LogP contribution in [0.5, 0.6) is 0 Å². The van der Waals surface area contributed by atoms with E-state index in [1.807, 2.05) is 18.2 Å². The summed E-state index contributed by atoms with van der Waals surface area (Å²) in [5, 5.41) is 2.91. The summed E-state index contributed by atoms with van der Waals surface area (Å²) in [5.74, 6) is -0.139. The molecule has 0 spiro atoms. The van der Waals surface area contributed by atoms with Gasteiger partial charge >= 0.3 is 0 Å². The minimum Gasteiger partial charge on any atom is -0.322 e. The van der Waals surface area contributed by atoms with Crippen molar-refractivity contribution < 1.29 is 4.79 Å². The number of aryl methyl sites for hydroxylation is 1. The molecule has 0 fully saturated rings. The minimum atomic E-state index is -0.139. The number of nitrogens with one attached hydrogen (secondary N) is 1. The SMILES string of the molecule is CCc1cc(Br)ccc1NC(=O)c1cccnc1. The second kappa shape index (κ2) is 5.78. The average molecular weight is 305 g/mol. The predicted molar refractivity (Wildman–Crippen MR) is 75.7 cm³/mol. The standard InChI is InChI=1S/C14H13BrN2O/c1-2-10-8-12(15)5-6-13(10)17-14(18)11-4-3-7-16-9-11/h3-9H,2H2,1H3,(H,17,18). The van der Waals surface area contributed by atoms with Crippen molar-refractivity contribution in [1.82, 2.24) is 4.98 Å². The fourth-order valence-electron chi connectivity index (χ4n) is 1.67. The van der Waals surface area contributed by atoms with Crippen LogP contribution in [0.1, 0.15) is 22.8 Å². The van der Waals surface area contributed by atoms with Gasteiger partial charge < -0.3 is 5.32 Å². The molecule has 1 amide bonds. The molecule has 4 heteroatoms. The molecule has 0 aliphatic carbocycles. The van der Waals surface area contributed by atoms with Crippen LogP contribution < -0.4 is 5.32 Å². The molecule has 2 aromatic rings. The highest BCUT2D eigenvalue weighted by molar-refractivity contribution is 9.10. The molecule has 0 aliphatic rings. The van der Waals surface area contributed by atoms with Gasteiger partial charge in [0.1, 0.15) is 0 Å². The van der Waals surface area contributed by atoms with Gasteiger partial charge in [0.2, 0.25) is 0 Å². The lowest BCUT2D eigenvalue weighted by molar-refractivity contribution is 0.102. The van der Waals surface area contributed by atoms with E-state index in [4.69, 9.17) is 0 Å². The molecule has 3 nitrogen and oxygen atoms in total. The lowest BCUT2D eigenvalue weighted by atomic mass is 10.1. The summed E-state index contributed by atoms with van der Waals surface area (Å²) < 4.78 is 1.01. The monoisotopic (exact) mass is 304 g/mol. The maximum Gasteiger partial charge on any atom is 0.257 e. The van der Waals surface area contributed by atoms with Gasteiger partial charge in [-0.2, -0.15) is 0 Å². The molecule has 1 N–H and O–H groups in total. The lowest BCUT2D eigenvalue weighted by Crippen LogP contribution is -2.13. The molecule has 0 saturated heterocycles. The third-order valence-corrected chi connectivity index (χ3v) is 3.11. The quantitative estimate of drug-likeness (QED) is 0.940. The van der Waals surface area contributed by atoms with E-state index in [1.54, 1.807) is 24.5 Å². The van der Waals surface area contributed by atoms with Crippen LogP contribution in [-0.2, 0) is 6.42 Å². The van der Waals surface area contributed by atoms with Crippen molar-refractivity contribution in [2.24, 2.45) is 0 Å². The topological polar surface area (TPSA) is 42.0 Å². The van der Waals surface area contributed by atoms with Gasteiger partial charge in [0.25, 0.3) is 5.91 Å². The van der Waals surface area contributed by atoms with Crippen molar-refractivity contribution in [1.29, 1.82) is 0 Å². The first-order chi connectivity index (χ1) is 8.70. The van der Waals surface area contributed by atoms with Crippen molar-refractivity contribution in [3.8, 4) is 0 Å². The third-order valence-electron chi connectivity index (χ3n) is 2.62. The Labute approximate surface area is 114 Å². The smallest absolute Gasteiger partial charge is 0.257 e. The van der Waals surface area contributed by atoms with Gasteiger partial charge in [0, 0.05) is 22.6 Å². The van der Waals surface area contributed by atoms with E-state index in [0.717, 1.165) is 22.1 Å². The first-order valence-corrected chi connectivity index (χ1v) is 6.50. The molecule has 0 aliphatic heterocycles. The summed E-state index contributed by atoms with van der Waals surface area (Å²) in [5.41, 5.74) is 2.50. The average Bonchev–Trinajstić information content (AvgIpc) is 2.41. The maximum absolute atomic E-state index is 12.0. The Morgan fingerprint density at radius 1 is 1.39 bits per heavy atom. The Kier molecular flexibility index (Phi) is 4.10. The van der Waals surface area contributed by atoms with Crippen LogP contribution in [0.2, 0.25) is 0 Å². The van der Waals surface area contributed by atoms with E-state index >= 15 is 0 Å². The number of anilines is 1. The highest BCUT2D eigenvalue weighted by Crippen LogP contribution is 2.22. The highest BCUT2D eigenvalue weighted by atomic mass is 79.9. The van der Waals surface area contributed by atoms with Crippen molar-refractivity contribution >= 4 is 27.5 Å². The Balaban J connectivity index is 2.22. The summed E-state index contributed by atoms with van der Waals surface area (Å²) in [7, 11) is 0. The molecular weight excluding hydrogens is 292 g/mol. The number of halogens is 1. The molecule has 1 aromatic carbocycles. The summed E-state index contributed by atoms with van der Waals surface area (Å²) in [6.45, 7) is 2.06. The molecule has 92 valence electrons. The number of hydrogen-bond acceptors (Lipinski definition) is 2. The molecule has 18 heavy (non-hydrogen) atoms. The number of carbonyl (C=O) groups excluding carboxylic acids is 1. The molecule has 0 atom stereocenters. The summed E-state index contributed by atoms with van der Waals surface area (Å²) in [6.07, 6.45) is 4.07. The number of carbonyl (C=O) groups is 1. The summed E-state index contributed by atoms with van der Waals surface area (Å²) >= 11 is 3.43. The van der Waals surface area contributed by atoms with E-state index in [0.29, 0.717) is 5.56 Å². The maximum atomic E-state index is 12.0. The van der Waals surface area contributed by atoms with E-state index < -0.39 is 0 Å². The van der Waals surface area contributed by atoms with Crippen LogP contribution in [-0.4, -0.2) is 10.9 Å². The largest absolute Gasteiger partial charge is 0.322 e. The Hall–Kier alpha value is -1.68. The molecule has 0 saturated carbocycles. The number of hydrogen-bond donors (Lipinski definition) is 1. The second-order valence-electron chi connectivity index (χ2n) is 3.85. The van der Waals surface area contributed by atoms with Crippen molar-refractivity contribution in [3.63, 3.8) is 0 Å². The predicted octanol–water partition coefficient (Wildman–Crippen LogP) is 3.66. The molecule has 1 heterocycles. The Morgan fingerprint density at radius 2 is 2.22 bits per heavy atom. The molecule has 0 radical (unpaired) electrons. The zero-order valence-corrected chi connectivity index (χ0v) is 11.6. The lowest BCUT2D eigenvalue weighted by Gasteiger charge is -2.10. The van der Waals surface area contributed by atoms with Crippen LogP contribution in [0, 0.1) is 0 Å². The first-order valence-electron chi connectivity index (χ1n) is 5.70. The van der Waals surface area contributed by atoms with Gasteiger partial charge in [-0.1, -0.05) is 22.9 Å². The van der Waals surface area contributed by atoms with Crippen molar-refractivity contribution in [3.05, 3.63) is 58.3 Å². The van der Waals surface area contributed by atoms with Gasteiger partial charge in [0.15, 0.2) is 0 Å². The van der Waals surface area contributed by atoms with Gasteiger partial charge in [-0.3, -0.25) is 9.78 Å². The Morgan fingerprint density at radius 3 is 2.89 bits per heavy atom. The van der Waals surface area contributed by atoms with Crippen LogP contribution >= 0.6 is 15.9 Å². The minimum absolute atomic E-state index is 0.139. The van der Waals surface area contributed by atoms with Crippen LogP contribution in [0.3, 0.4) is 0 Å². The van der Waals surface area contributed by atoms with E-state index in [2.05, 4.69) is 33.2 Å². The first kappa shape index (κ1) is 12.8.